The van der Waals surface area contributed by atoms with E-state index in [1.165, 1.54) is 58.0 Å². The zero-order valence-corrected chi connectivity index (χ0v) is 14.3. The summed E-state index contributed by atoms with van der Waals surface area (Å²) in [7, 11) is 0. The molecular formula is C18H36N2. The summed E-state index contributed by atoms with van der Waals surface area (Å²) >= 11 is 0. The largest absolute Gasteiger partial charge is 0.314 e. The van der Waals surface area contributed by atoms with Crippen molar-refractivity contribution in [2.75, 3.05) is 19.6 Å². The molecule has 2 rings (SSSR count). The molecule has 0 heterocycles. The van der Waals surface area contributed by atoms with E-state index in [4.69, 9.17) is 0 Å². The Morgan fingerprint density at radius 3 is 2.40 bits per heavy atom. The summed E-state index contributed by atoms with van der Waals surface area (Å²) in [5, 5.41) is 3.77. The third-order valence-electron chi connectivity index (χ3n) is 5.70. The standard InChI is InChI=1S/C18H36N2/c1-5-19-17-11-12-18(3,4)13-15(17)14-20(6-2)16-9-7-8-10-16/h15-17,19H,5-14H2,1-4H3. The van der Waals surface area contributed by atoms with Crippen LogP contribution in [0.1, 0.15) is 72.6 Å². The molecule has 0 aromatic rings. The predicted molar refractivity (Wildman–Crippen MR) is 88.1 cm³/mol. The molecule has 2 aliphatic rings. The van der Waals surface area contributed by atoms with Gasteiger partial charge in [0, 0.05) is 18.6 Å². The summed E-state index contributed by atoms with van der Waals surface area (Å²) in [4.78, 5) is 2.80. The molecule has 2 saturated carbocycles. The van der Waals surface area contributed by atoms with Crippen molar-refractivity contribution in [2.45, 2.75) is 84.7 Å². The molecule has 0 aromatic carbocycles. The molecule has 2 heteroatoms. The molecule has 1 N–H and O–H groups in total. The second-order valence-corrected chi connectivity index (χ2v) is 7.86. The molecule has 0 amide bonds. The highest BCUT2D eigenvalue weighted by Gasteiger charge is 2.36. The first-order valence-electron chi connectivity index (χ1n) is 9.03. The fourth-order valence-electron chi connectivity index (χ4n) is 4.57. The molecule has 0 radical (unpaired) electrons. The molecule has 0 saturated heterocycles. The van der Waals surface area contributed by atoms with Gasteiger partial charge in [0.15, 0.2) is 0 Å². The highest BCUT2D eigenvalue weighted by atomic mass is 15.2. The molecular weight excluding hydrogens is 244 g/mol. The fourth-order valence-corrected chi connectivity index (χ4v) is 4.57. The molecule has 2 aliphatic carbocycles. The smallest absolute Gasteiger partial charge is 0.0108 e. The second-order valence-electron chi connectivity index (χ2n) is 7.86. The maximum absolute atomic E-state index is 3.77. The van der Waals surface area contributed by atoms with E-state index in [9.17, 15) is 0 Å². The Hall–Kier alpha value is -0.0800. The van der Waals surface area contributed by atoms with Crippen LogP contribution in [0.5, 0.6) is 0 Å². The first-order chi connectivity index (χ1) is 9.55. The van der Waals surface area contributed by atoms with Crippen LogP contribution in [-0.4, -0.2) is 36.6 Å². The third kappa shape index (κ3) is 4.21. The molecule has 2 atom stereocenters. The van der Waals surface area contributed by atoms with Gasteiger partial charge in [-0.1, -0.05) is 40.5 Å². The van der Waals surface area contributed by atoms with Crippen LogP contribution in [0.3, 0.4) is 0 Å². The van der Waals surface area contributed by atoms with Gasteiger partial charge >= 0.3 is 0 Å². The van der Waals surface area contributed by atoms with Crippen LogP contribution < -0.4 is 5.32 Å². The predicted octanol–water partition coefficient (Wildman–Crippen LogP) is 4.06. The Kier molecular flexibility index (Phi) is 5.92. The van der Waals surface area contributed by atoms with Crippen molar-refractivity contribution in [3.63, 3.8) is 0 Å². The van der Waals surface area contributed by atoms with Crippen molar-refractivity contribution in [3.8, 4) is 0 Å². The van der Waals surface area contributed by atoms with Gasteiger partial charge in [-0.3, -0.25) is 0 Å². The van der Waals surface area contributed by atoms with Crippen LogP contribution in [0.2, 0.25) is 0 Å². The molecule has 0 aromatic heterocycles. The molecule has 118 valence electrons. The lowest BCUT2D eigenvalue weighted by Crippen LogP contribution is -2.49. The number of nitrogens with one attached hydrogen (secondary N) is 1. The Morgan fingerprint density at radius 2 is 1.80 bits per heavy atom. The van der Waals surface area contributed by atoms with Crippen molar-refractivity contribution in [1.82, 2.24) is 10.2 Å². The van der Waals surface area contributed by atoms with E-state index in [1.807, 2.05) is 0 Å². The van der Waals surface area contributed by atoms with Gasteiger partial charge in [-0.2, -0.15) is 0 Å². The van der Waals surface area contributed by atoms with Crippen molar-refractivity contribution in [2.24, 2.45) is 11.3 Å². The van der Waals surface area contributed by atoms with E-state index in [2.05, 4.69) is 37.9 Å². The zero-order chi connectivity index (χ0) is 14.6. The van der Waals surface area contributed by atoms with Gasteiger partial charge in [-0.25, -0.2) is 0 Å². The van der Waals surface area contributed by atoms with Gasteiger partial charge in [0.2, 0.25) is 0 Å². The Labute approximate surface area is 126 Å². The molecule has 0 spiro atoms. The lowest BCUT2D eigenvalue weighted by molar-refractivity contribution is 0.0851. The van der Waals surface area contributed by atoms with Crippen LogP contribution in [0.25, 0.3) is 0 Å². The Balaban J connectivity index is 1.97. The van der Waals surface area contributed by atoms with Crippen molar-refractivity contribution in [3.05, 3.63) is 0 Å². The highest BCUT2D eigenvalue weighted by molar-refractivity contribution is 4.91. The van der Waals surface area contributed by atoms with E-state index in [0.29, 0.717) is 5.41 Å². The minimum atomic E-state index is 0.547. The fraction of sp³-hybridized carbons (Fsp3) is 1.00. The number of hydrogen-bond donors (Lipinski definition) is 1. The number of hydrogen-bond acceptors (Lipinski definition) is 2. The molecule has 20 heavy (non-hydrogen) atoms. The molecule has 0 bridgehead atoms. The van der Waals surface area contributed by atoms with E-state index in [0.717, 1.165) is 24.5 Å². The quantitative estimate of drug-likeness (QED) is 0.789. The van der Waals surface area contributed by atoms with E-state index < -0.39 is 0 Å². The lowest BCUT2D eigenvalue weighted by Gasteiger charge is -2.44. The van der Waals surface area contributed by atoms with Crippen molar-refractivity contribution in [1.29, 1.82) is 0 Å². The summed E-state index contributed by atoms with van der Waals surface area (Å²) < 4.78 is 0. The van der Waals surface area contributed by atoms with E-state index >= 15 is 0 Å². The summed E-state index contributed by atoms with van der Waals surface area (Å²) in [6, 6.07) is 1.63. The van der Waals surface area contributed by atoms with Crippen molar-refractivity contribution >= 4 is 0 Å². The topological polar surface area (TPSA) is 15.3 Å². The van der Waals surface area contributed by atoms with Crippen LogP contribution >= 0.6 is 0 Å². The lowest BCUT2D eigenvalue weighted by atomic mass is 9.69. The summed E-state index contributed by atoms with van der Waals surface area (Å²) in [6.07, 6.45) is 9.94. The summed E-state index contributed by atoms with van der Waals surface area (Å²) in [6.45, 7) is 13.2. The summed E-state index contributed by atoms with van der Waals surface area (Å²) in [5.41, 5.74) is 0.547. The van der Waals surface area contributed by atoms with Gasteiger partial charge in [0.25, 0.3) is 0 Å². The van der Waals surface area contributed by atoms with Crippen LogP contribution in [0.4, 0.5) is 0 Å². The van der Waals surface area contributed by atoms with E-state index in [1.54, 1.807) is 0 Å². The molecule has 2 fully saturated rings. The Morgan fingerprint density at radius 1 is 1.10 bits per heavy atom. The maximum atomic E-state index is 3.77. The van der Waals surface area contributed by atoms with Gasteiger partial charge < -0.3 is 10.2 Å². The van der Waals surface area contributed by atoms with Crippen LogP contribution in [-0.2, 0) is 0 Å². The molecule has 2 nitrogen and oxygen atoms in total. The maximum Gasteiger partial charge on any atom is 0.0108 e. The third-order valence-corrected chi connectivity index (χ3v) is 5.70. The van der Waals surface area contributed by atoms with Gasteiger partial charge in [-0.05, 0) is 56.5 Å². The average molecular weight is 280 g/mol. The van der Waals surface area contributed by atoms with Crippen molar-refractivity contribution < 1.29 is 0 Å². The highest BCUT2D eigenvalue weighted by Crippen LogP contribution is 2.39. The van der Waals surface area contributed by atoms with E-state index in [-0.39, 0.29) is 0 Å². The summed E-state index contributed by atoms with van der Waals surface area (Å²) in [5.74, 6) is 0.847. The number of nitrogens with zero attached hydrogens (tertiary/aromatic N) is 1. The SMILES string of the molecule is CCNC1CCC(C)(C)CC1CN(CC)C1CCCC1. The Bertz CT molecular complexity index is 281. The van der Waals surface area contributed by atoms with Crippen LogP contribution in [0.15, 0.2) is 0 Å². The number of rotatable bonds is 6. The normalized spacial score (nSPS) is 31.1. The average Bonchev–Trinajstić information content (AvgIpc) is 2.92. The minimum Gasteiger partial charge on any atom is -0.314 e. The van der Waals surface area contributed by atoms with Crippen LogP contribution in [0, 0.1) is 11.3 Å². The minimum absolute atomic E-state index is 0.547. The van der Waals surface area contributed by atoms with Gasteiger partial charge in [0.05, 0.1) is 0 Å². The van der Waals surface area contributed by atoms with Gasteiger partial charge in [0.1, 0.15) is 0 Å². The van der Waals surface area contributed by atoms with Gasteiger partial charge in [-0.15, -0.1) is 0 Å². The first-order valence-corrected chi connectivity index (χ1v) is 9.03. The molecule has 2 unspecified atom stereocenters. The second kappa shape index (κ2) is 7.26. The zero-order valence-electron chi connectivity index (χ0n) is 14.3. The first kappa shape index (κ1) is 16.3. The molecule has 0 aliphatic heterocycles. The monoisotopic (exact) mass is 280 g/mol.